The second-order valence-corrected chi connectivity index (χ2v) is 19.3. The monoisotopic (exact) mass is 897 g/mol. The van der Waals surface area contributed by atoms with Crippen LogP contribution in [0.3, 0.4) is 0 Å². The van der Waals surface area contributed by atoms with E-state index in [1.807, 2.05) is 31.2 Å². The number of halogens is 1. The number of phosphoric ester groups is 1. The zero-order valence-corrected chi connectivity index (χ0v) is 38.8. The number of nitrogens with zero attached hydrogens (tertiary/aromatic N) is 2. The Kier molecular flexibility index (Phi) is 16.2. The third-order valence-corrected chi connectivity index (χ3v) is 12.5. The molecule has 3 amide bonds. The lowest BCUT2D eigenvalue weighted by Crippen LogP contribution is -2.39. The maximum atomic E-state index is 14.2. The van der Waals surface area contributed by atoms with Crippen molar-refractivity contribution in [1.29, 1.82) is 0 Å². The Morgan fingerprint density at radius 1 is 0.952 bits per heavy atom. The standard InChI is InChI=1S/C46H61ClN3O11P/c1-10-22-57-44(54)48-37-25-39(30(2)24-36(37)43(53)49-21-16-17-33(49)29-58-31(3)51)56-23-15-11-12-20-41(52)50-28-32(27-47)42-35-19-14-13-18-34(35)40(26-38(42)50)59-62(55,60-45(4,5)6)61-46(7,8)9/h10,13-14,18-19,24-26,32-33H,1,11-12,15-17,20-23,27-29H2,2-9H3,(H,48,54)/t32-,33+/m1/s1. The van der Waals surface area contributed by atoms with Crippen molar-refractivity contribution in [3.63, 3.8) is 0 Å². The SMILES string of the molecule is C=CCOC(=O)Nc1cc(OCCCCCC(=O)N2C[C@@H](CCl)c3c2cc(OP(=O)(OC(C)(C)C)OC(C)(C)C)c2ccccc32)c(C)cc1C(=O)N1CCC[C@H]1COC(C)=O. The van der Waals surface area contributed by atoms with E-state index < -0.39 is 31.1 Å². The Morgan fingerprint density at radius 3 is 2.29 bits per heavy atom. The summed E-state index contributed by atoms with van der Waals surface area (Å²) in [7, 11) is -4.17. The first-order valence-corrected chi connectivity index (χ1v) is 23.1. The molecule has 1 fully saturated rings. The molecule has 2 heterocycles. The van der Waals surface area contributed by atoms with Crippen LogP contribution in [0, 0.1) is 6.92 Å². The van der Waals surface area contributed by atoms with Crippen LogP contribution in [0.2, 0.25) is 0 Å². The molecular formula is C46H61ClN3O11P. The summed E-state index contributed by atoms with van der Waals surface area (Å²) >= 11 is 6.52. The largest absolute Gasteiger partial charge is 0.531 e. The van der Waals surface area contributed by atoms with E-state index in [9.17, 15) is 23.7 Å². The summed E-state index contributed by atoms with van der Waals surface area (Å²) in [5, 5.41) is 4.23. The van der Waals surface area contributed by atoms with Crippen LogP contribution >= 0.6 is 19.4 Å². The Balaban J connectivity index is 1.26. The van der Waals surface area contributed by atoms with Crippen molar-refractivity contribution in [3.8, 4) is 11.5 Å². The van der Waals surface area contributed by atoms with Gasteiger partial charge in [-0.15, -0.1) is 11.6 Å². The maximum Gasteiger partial charge on any atom is 0.531 e. The second kappa shape index (κ2) is 20.7. The molecule has 2 aliphatic heterocycles. The Hall–Kier alpha value is -4.62. The van der Waals surface area contributed by atoms with Crippen molar-refractivity contribution in [2.24, 2.45) is 0 Å². The summed E-state index contributed by atoms with van der Waals surface area (Å²) in [5.74, 6) is 0.121. The van der Waals surface area contributed by atoms with Gasteiger partial charge < -0.3 is 28.5 Å². The van der Waals surface area contributed by atoms with Gasteiger partial charge in [0.25, 0.3) is 5.91 Å². The average molecular weight is 898 g/mol. The van der Waals surface area contributed by atoms with Crippen LogP contribution < -0.4 is 19.5 Å². The van der Waals surface area contributed by atoms with Crippen molar-refractivity contribution in [3.05, 3.63) is 71.8 Å². The number of nitrogens with one attached hydrogen (secondary N) is 1. The van der Waals surface area contributed by atoms with Crippen molar-refractivity contribution in [2.75, 3.05) is 49.0 Å². The van der Waals surface area contributed by atoms with Crippen LogP contribution in [0.15, 0.2) is 55.1 Å². The molecular weight excluding hydrogens is 837 g/mol. The van der Waals surface area contributed by atoms with Gasteiger partial charge in [0.05, 0.1) is 40.8 Å². The molecule has 3 aromatic rings. The van der Waals surface area contributed by atoms with Crippen LogP contribution in [-0.2, 0) is 32.7 Å². The molecule has 2 aliphatic rings. The Labute approximate surface area is 370 Å². The highest BCUT2D eigenvalue weighted by atomic mass is 35.5. The van der Waals surface area contributed by atoms with Gasteiger partial charge in [-0.1, -0.05) is 36.9 Å². The van der Waals surface area contributed by atoms with E-state index in [1.165, 1.54) is 13.0 Å². The van der Waals surface area contributed by atoms with E-state index >= 15 is 0 Å². The van der Waals surface area contributed by atoms with E-state index in [1.54, 1.807) is 69.5 Å². The van der Waals surface area contributed by atoms with Gasteiger partial charge in [-0.25, -0.2) is 9.36 Å². The number of amides is 3. The molecule has 0 unspecified atom stereocenters. The molecule has 0 radical (unpaired) electrons. The molecule has 1 saturated heterocycles. The number of benzene rings is 3. The van der Waals surface area contributed by atoms with Gasteiger partial charge in [-0.05, 0) is 103 Å². The first-order valence-electron chi connectivity index (χ1n) is 21.1. The van der Waals surface area contributed by atoms with Gasteiger partial charge in [-0.2, -0.15) is 0 Å². The van der Waals surface area contributed by atoms with Crippen LogP contribution in [0.4, 0.5) is 16.2 Å². The summed E-state index contributed by atoms with van der Waals surface area (Å²) in [4.78, 5) is 55.3. The highest BCUT2D eigenvalue weighted by molar-refractivity contribution is 7.49. The average Bonchev–Trinajstić information content (AvgIpc) is 3.81. The number of carbonyl (C=O) groups is 4. The molecule has 0 bridgehead atoms. The molecule has 62 heavy (non-hydrogen) atoms. The highest BCUT2D eigenvalue weighted by Crippen LogP contribution is 2.57. The lowest BCUT2D eigenvalue weighted by molar-refractivity contribution is -0.142. The fourth-order valence-electron chi connectivity index (χ4n) is 7.62. The van der Waals surface area contributed by atoms with E-state index in [-0.39, 0.29) is 60.4 Å². The quantitative estimate of drug-likeness (QED) is 0.0426. The molecule has 338 valence electrons. The summed E-state index contributed by atoms with van der Waals surface area (Å²) in [6, 6.07) is 12.4. The second-order valence-electron chi connectivity index (χ2n) is 17.6. The number of anilines is 2. The topological polar surface area (TPSA) is 159 Å². The molecule has 5 rings (SSSR count). The first kappa shape index (κ1) is 48.4. The number of rotatable bonds is 18. The van der Waals surface area contributed by atoms with Gasteiger partial charge >= 0.3 is 19.9 Å². The predicted octanol–water partition coefficient (Wildman–Crippen LogP) is 10.5. The number of aryl methyl sites for hydroxylation is 1. The smallest absolute Gasteiger partial charge is 0.493 e. The van der Waals surface area contributed by atoms with E-state index in [0.29, 0.717) is 73.6 Å². The molecule has 14 nitrogen and oxygen atoms in total. The fourth-order valence-corrected chi connectivity index (χ4v) is 9.72. The van der Waals surface area contributed by atoms with Gasteiger partial charge in [0, 0.05) is 55.8 Å². The number of ether oxygens (including phenoxy) is 3. The third-order valence-electron chi connectivity index (χ3n) is 10.1. The predicted molar refractivity (Wildman–Crippen MR) is 241 cm³/mol. The molecule has 0 saturated carbocycles. The van der Waals surface area contributed by atoms with Gasteiger partial charge in [0.2, 0.25) is 5.91 Å². The van der Waals surface area contributed by atoms with E-state index in [4.69, 9.17) is 39.4 Å². The molecule has 1 N–H and O–H groups in total. The van der Waals surface area contributed by atoms with Crippen molar-refractivity contribution >= 4 is 65.4 Å². The number of phosphoric acid groups is 1. The van der Waals surface area contributed by atoms with Crippen LogP contribution in [0.5, 0.6) is 11.5 Å². The number of alkyl halides is 1. The summed E-state index contributed by atoms with van der Waals surface area (Å²) in [5.41, 5.74) is 1.06. The number of hydrogen-bond acceptors (Lipinski definition) is 11. The molecule has 0 aromatic heterocycles. The maximum absolute atomic E-state index is 14.2. The van der Waals surface area contributed by atoms with Crippen LogP contribution in [0.25, 0.3) is 10.8 Å². The number of hydrogen-bond donors (Lipinski definition) is 1. The Morgan fingerprint density at radius 2 is 1.65 bits per heavy atom. The molecule has 2 atom stereocenters. The number of unbranched alkanes of at least 4 members (excludes halogenated alkanes) is 2. The zero-order valence-electron chi connectivity index (χ0n) is 37.2. The van der Waals surface area contributed by atoms with Crippen molar-refractivity contribution in [2.45, 2.75) is 117 Å². The van der Waals surface area contributed by atoms with E-state index in [0.717, 1.165) is 17.4 Å². The first-order chi connectivity index (χ1) is 29.2. The van der Waals surface area contributed by atoms with Crippen molar-refractivity contribution in [1.82, 2.24) is 4.90 Å². The van der Waals surface area contributed by atoms with Crippen molar-refractivity contribution < 1.29 is 51.5 Å². The normalized spacial score (nSPS) is 16.5. The minimum atomic E-state index is -4.17. The highest BCUT2D eigenvalue weighted by Gasteiger charge is 2.41. The van der Waals surface area contributed by atoms with Gasteiger partial charge in [-0.3, -0.25) is 28.7 Å². The summed E-state index contributed by atoms with van der Waals surface area (Å²) in [6.45, 7) is 18.6. The summed E-state index contributed by atoms with van der Waals surface area (Å²) in [6.07, 6.45) is 4.29. The molecule has 16 heteroatoms. The zero-order chi connectivity index (χ0) is 45.4. The molecule has 3 aromatic carbocycles. The summed E-state index contributed by atoms with van der Waals surface area (Å²) < 4.78 is 48.9. The fraction of sp³-hybridized carbons (Fsp3) is 0.522. The minimum Gasteiger partial charge on any atom is -0.493 e. The lowest BCUT2D eigenvalue weighted by Gasteiger charge is -2.31. The van der Waals surface area contributed by atoms with Gasteiger partial charge in [0.15, 0.2) is 0 Å². The van der Waals surface area contributed by atoms with Crippen LogP contribution in [-0.4, -0.2) is 84.8 Å². The third kappa shape index (κ3) is 12.7. The minimum absolute atomic E-state index is 0.0172. The number of fused-ring (bicyclic) bond motifs is 3. The molecule has 0 aliphatic carbocycles. The van der Waals surface area contributed by atoms with E-state index in [2.05, 4.69) is 11.9 Å². The number of esters is 1. The number of likely N-dealkylation sites (tertiary alicyclic amines) is 1. The van der Waals surface area contributed by atoms with Crippen LogP contribution in [0.1, 0.15) is 114 Å². The lowest BCUT2D eigenvalue weighted by atomic mass is 9.95. The Bertz CT molecular complexity index is 2160. The number of carbonyl (C=O) groups excluding carboxylic acids is 4. The molecule has 0 spiro atoms. The van der Waals surface area contributed by atoms with Gasteiger partial charge in [0.1, 0.15) is 24.7 Å².